The van der Waals surface area contributed by atoms with Gasteiger partial charge in [-0.1, -0.05) is 13.0 Å². The summed E-state index contributed by atoms with van der Waals surface area (Å²) in [5.74, 6) is 0. The SMILES string of the molecule is CCNC(Cc1ccccn1)c1cc(C)nc(C)c1. The van der Waals surface area contributed by atoms with E-state index in [9.17, 15) is 0 Å². The van der Waals surface area contributed by atoms with Gasteiger partial charge in [0.25, 0.3) is 0 Å². The molecule has 0 saturated carbocycles. The summed E-state index contributed by atoms with van der Waals surface area (Å²) in [4.78, 5) is 8.86. The molecule has 0 aliphatic rings. The Hall–Kier alpha value is -1.74. The smallest absolute Gasteiger partial charge is 0.0422 e. The van der Waals surface area contributed by atoms with Gasteiger partial charge in [-0.2, -0.15) is 0 Å². The first-order valence-corrected chi connectivity index (χ1v) is 6.77. The second-order valence-corrected chi connectivity index (χ2v) is 4.82. The van der Waals surface area contributed by atoms with Crippen LogP contribution >= 0.6 is 0 Å². The van der Waals surface area contributed by atoms with Gasteiger partial charge >= 0.3 is 0 Å². The van der Waals surface area contributed by atoms with Crippen LogP contribution in [-0.4, -0.2) is 16.5 Å². The molecule has 0 aliphatic heterocycles. The fourth-order valence-electron chi connectivity index (χ4n) is 2.35. The highest BCUT2D eigenvalue weighted by molar-refractivity contribution is 5.25. The third-order valence-corrected chi connectivity index (χ3v) is 3.10. The average Bonchev–Trinajstić information content (AvgIpc) is 2.38. The minimum Gasteiger partial charge on any atom is -0.310 e. The number of hydrogen-bond acceptors (Lipinski definition) is 3. The molecule has 1 N–H and O–H groups in total. The van der Waals surface area contributed by atoms with E-state index in [0.717, 1.165) is 30.0 Å². The Morgan fingerprint density at radius 3 is 2.47 bits per heavy atom. The Balaban J connectivity index is 2.24. The third kappa shape index (κ3) is 3.86. The van der Waals surface area contributed by atoms with Crippen molar-refractivity contribution in [3.8, 4) is 0 Å². The summed E-state index contributed by atoms with van der Waals surface area (Å²) in [6.45, 7) is 7.16. The fourth-order valence-corrected chi connectivity index (χ4v) is 2.35. The topological polar surface area (TPSA) is 37.8 Å². The fraction of sp³-hybridized carbons (Fsp3) is 0.375. The van der Waals surface area contributed by atoms with Crippen molar-refractivity contribution >= 4 is 0 Å². The molecule has 1 unspecified atom stereocenters. The first-order chi connectivity index (χ1) is 9.19. The molecule has 0 aromatic carbocycles. The van der Waals surface area contributed by atoms with Gasteiger partial charge in [-0.05, 0) is 50.2 Å². The van der Waals surface area contributed by atoms with Crippen molar-refractivity contribution in [2.45, 2.75) is 33.2 Å². The van der Waals surface area contributed by atoms with Crippen molar-refractivity contribution in [2.24, 2.45) is 0 Å². The summed E-state index contributed by atoms with van der Waals surface area (Å²) in [5, 5.41) is 3.53. The van der Waals surface area contributed by atoms with Crippen LogP contribution in [0.3, 0.4) is 0 Å². The van der Waals surface area contributed by atoms with E-state index in [1.807, 2.05) is 32.2 Å². The molecule has 2 heterocycles. The van der Waals surface area contributed by atoms with E-state index in [1.165, 1.54) is 5.56 Å². The first kappa shape index (κ1) is 13.7. The minimum absolute atomic E-state index is 0.292. The van der Waals surface area contributed by atoms with Crippen LogP contribution in [0.5, 0.6) is 0 Å². The Bertz CT molecular complexity index is 503. The van der Waals surface area contributed by atoms with Crippen molar-refractivity contribution in [1.82, 2.24) is 15.3 Å². The average molecular weight is 255 g/mol. The molecule has 3 heteroatoms. The molecule has 100 valence electrons. The Kier molecular flexibility index (Phi) is 4.63. The van der Waals surface area contributed by atoms with Crippen molar-refractivity contribution < 1.29 is 0 Å². The molecule has 0 spiro atoms. The van der Waals surface area contributed by atoms with Crippen LogP contribution in [0.2, 0.25) is 0 Å². The summed E-state index contributed by atoms with van der Waals surface area (Å²) >= 11 is 0. The monoisotopic (exact) mass is 255 g/mol. The standard InChI is InChI=1S/C16H21N3/c1-4-17-16(11-15-7-5-6-8-18-15)14-9-12(2)19-13(3)10-14/h5-10,16-17H,4,11H2,1-3H3. The van der Waals surface area contributed by atoms with E-state index in [0.29, 0.717) is 6.04 Å². The predicted molar refractivity (Wildman–Crippen MR) is 78.1 cm³/mol. The van der Waals surface area contributed by atoms with Crippen LogP contribution < -0.4 is 5.32 Å². The quantitative estimate of drug-likeness (QED) is 0.892. The first-order valence-electron chi connectivity index (χ1n) is 6.77. The predicted octanol–water partition coefficient (Wildman–Crippen LogP) is 2.99. The Morgan fingerprint density at radius 2 is 1.89 bits per heavy atom. The lowest BCUT2D eigenvalue weighted by Crippen LogP contribution is -2.23. The summed E-state index contributed by atoms with van der Waals surface area (Å²) < 4.78 is 0. The van der Waals surface area contributed by atoms with E-state index in [2.05, 4.69) is 40.4 Å². The van der Waals surface area contributed by atoms with Crippen molar-refractivity contribution in [3.05, 3.63) is 59.2 Å². The second kappa shape index (κ2) is 6.43. The number of likely N-dealkylation sites (N-methyl/N-ethyl adjacent to an activating group) is 1. The largest absolute Gasteiger partial charge is 0.310 e. The van der Waals surface area contributed by atoms with E-state index >= 15 is 0 Å². The molecule has 0 saturated heterocycles. The summed E-state index contributed by atoms with van der Waals surface area (Å²) in [6.07, 6.45) is 2.75. The van der Waals surface area contributed by atoms with Gasteiger partial charge in [0, 0.05) is 35.7 Å². The maximum Gasteiger partial charge on any atom is 0.0422 e. The second-order valence-electron chi connectivity index (χ2n) is 4.82. The van der Waals surface area contributed by atoms with Crippen LogP contribution in [0, 0.1) is 13.8 Å². The highest BCUT2D eigenvalue weighted by Crippen LogP contribution is 2.19. The molecule has 0 bridgehead atoms. The van der Waals surface area contributed by atoms with E-state index in [4.69, 9.17) is 0 Å². The molecule has 19 heavy (non-hydrogen) atoms. The number of nitrogens with zero attached hydrogens (tertiary/aromatic N) is 2. The van der Waals surface area contributed by atoms with Gasteiger partial charge in [0.05, 0.1) is 0 Å². The van der Waals surface area contributed by atoms with Crippen molar-refractivity contribution in [2.75, 3.05) is 6.54 Å². The van der Waals surface area contributed by atoms with Gasteiger partial charge < -0.3 is 5.32 Å². The van der Waals surface area contributed by atoms with Crippen LogP contribution in [-0.2, 0) is 6.42 Å². The Labute approximate surface area is 115 Å². The molecule has 1 atom stereocenters. The van der Waals surface area contributed by atoms with E-state index in [-0.39, 0.29) is 0 Å². The van der Waals surface area contributed by atoms with Gasteiger partial charge in [0.2, 0.25) is 0 Å². The normalized spacial score (nSPS) is 12.4. The van der Waals surface area contributed by atoms with Crippen LogP contribution in [0.15, 0.2) is 36.5 Å². The van der Waals surface area contributed by atoms with Gasteiger partial charge in [-0.3, -0.25) is 9.97 Å². The zero-order valence-corrected chi connectivity index (χ0v) is 11.9. The molecule has 0 radical (unpaired) electrons. The molecule has 3 nitrogen and oxygen atoms in total. The molecule has 0 fully saturated rings. The number of nitrogens with one attached hydrogen (secondary N) is 1. The van der Waals surface area contributed by atoms with E-state index < -0.39 is 0 Å². The zero-order chi connectivity index (χ0) is 13.7. The van der Waals surface area contributed by atoms with Crippen LogP contribution in [0.1, 0.15) is 35.6 Å². The number of aryl methyl sites for hydroxylation is 2. The van der Waals surface area contributed by atoms with Gasteiger partial charge in [-0.15, -0.1) is 0 Å². The van der Waals surface area contributed by atoms with Gasteiger partial charge in [-0.25, -0.2) is 0 Å². The highest BCUT2D eigenvalue weighted by atomic mass is 14.9. The molecule has 2 aromatic heterocycles. The van der Waals surface area contributed by atoms with Crippen LogP contribution in [0.25, 0.3) is 0 Å². The summed E-state index contributed by atoms with van der Waals surface area (Å²) in [7, 11) is 0. The third-order valence-electron chi connectivity index (χ3n) is 3.10. The lowest BCUT2D eigenvalue weighted by molar-refractivity contribution is 0.542. The molecule has 0 aliphatic carbocycles. The zero-order valence-electron chi connectivity index (χ0n) is 11.9. The number of hydrogen-bond donors (Lipinski definition) is 1. The molecular weight excluding hydrogens is 234 g/mol. The molecule has 2 rings (SSSR count). The molecule has 2 aromatic rings. The highest BCUT2D eigenvalue weighted by Gasteiger charge is 2.12. The number of aromatic nitrogens is 2. The maximum absolute atomic E-state index is 4.44. The van der Waals surface area contributed by atoms with E-state index in [1.54, 1.807) is 0 Å². The summed E-state index contributed by atoms with van der Waals surface area (Å²) in [6, 6.07) is 10.7. The number of pyridine rings is 2. The maximum atomic E-state index is 4.44. The number of rotatable bonds is 5. The summed E-state index contributed by atoms with van der Waals surface area (Å²) in [5.41, 5.74) is 4.54. The molecule has 0 amide bonds. The van der Waals surface area contributed by atoms with Crippen LogP contribution in [0.4, 0.5) is 0 Å². The molecular formula is C16H21N3. The van der Waals surface area contributed by atoms with Gasteiger partial charge in [0.15, 0.2) is 0 Å². The minimum atomic E-state index is 0.292. The lowest BCUT2D eigenvalue weighted by atomic mass is 10.0. The lowest BCUT2D eigenvalue weighted by Gasteiger charge is -2.19. The Morgan fingerprint density at radius 1 is 1.16 bits per heavy atom. The van der Waals surface area contributed by atoms with Crippen molar-refractivity contribution in [3.63, 3.8) is 0 Å². The van der Waals surface area contributed by atoms with Gasteiger partial charge in [0.1, 0.15) is 0 Å². The van der Waals surface area contributed by atoms with Crippen molar-refractivity contribution in [1.29, 1.82) is 0 Å².